The molecule has 1 unspecified atom stereocenters. The van der Waals surface area contributed by atoms with E-state index in [1.54, 1.807) is 0 Å². The second-order valence-electron chi connectivity index (χ2n) is 4.44. The van der Waals surface area contributed by atoms with Crippen molar-refractivity contribution in [2.24, 2.45) is 5.92 Å². The molecule has 0 aromatic rings. The number of amides is 1. The number of hydrogen-bond acceptors (Lipinski definition) is 2. The van der Waals surface area contributed by atoms with Gasteiger partial charge in [0.25, 0.3) is 0 Å². The van der Waals surface area contributed by atoms with Crippen LogP contribution in [-0.2, 0) is 4.79 Å². The SMILES string of the molecule is C#CCCCCNCC(=O)NC(C)C(C)C. The van der Waals surface area contributed by atoms with E-state index in [4.69, 9.17) is 6.42 Å². The van der Waals surface area contributed by atoms with Gasteiger partial charge in [-0.1, -0.05) is 13.8 Å². The predicted molar refractivity (Wildman–Crippen MR) is 68.0 cm³/mol. The van der Waals surface area contributed by atoms with Crippen molar-refractivity contribution in [2.45, 2.75) is 46.1 Å². The Labute approximate surface area is 99.4 Å². The predicted octanol–water partition coefficient (Wildman–Crippen LogP) is 1.54. The third-order valence-corrected chi connectivity index (χ3v) is 2.60. The molecule has 0 aromatic heterocycles. The van der Waals surface area contributed by atoms with E-state index >= 15 is 0 Å². The fourth-order valence-corrected chi connectivity index (χ4v) is 1.15. The van der Waals surface area contributed by atoms with E-state index in [2.05, 4.69) is 30.4 Å². The third-order valence-electron chi connectivity index (χ3n) is 2.60. The Kier molecular flexibility index (Phi) is 8.65. The molecule has 1 atom stereocenters. The van der Waals surface area contributed by atoms with Gasteiger partial charge in [0.1, 0.15) is 0 Å². The van der Waals surface area contributed by atoms with Gasteiger partial charge in [0.15, 0.2) is 0 Å². The first-order chi connectivity index (χ1) is 7.57. The Morgan fingerprint density at radius 3 is 2.56 bits per heavy atom. The highest BCUT2D eigenvalue weighted by Crippen LogP contribution is 1.98. The average molecular weight is 224 g/mol. The summed E-state index contributed by atoms with van der Waals surface area (Å²) in [5.74, 6) is 3.14. The largest absolute Gasteiger partial charge is 0.352 e. The lowest BCUT2D eigenvalue weighted by molar-refractivity contribution is -0.121. The molecule has 3 heteroatoms. The van der Waals surface area contributed by atoms with Crippen LogP contribution in [0.1, 0.15) is 40.0 Å². The zero-order valence-corrected chi connectivity index (χ0v) is 10.7. The zero-order chi connectivity index (χ0) is 12.4. The van der Waals surface area contributed by atoms with Crippen molar-refractivity contribution >= 4 is 5.91 Å². The Balaban J connectivity index is 3.41. The lowest BCUT2D eigenvalue weighted by atomic mass is 10.1. The first kappa shape index (κ1) is 15.0. The van der Waals surface area contributed by atoms with Gasteiger partial charge < -0.3 is 10.6 Å². The summed E-state index contributed by atoms with van der Waals surface area (Å²) in [4.78, 5) is 11.4. The van der Waals surface area contributed by atoms with Gasteiger partial charge in [-0.2, -0.15) is 0 Å². The van der Waals surface area contributed by atoms with Gasteiger partial charge in [-0.25, -0.2) is 0 Å². The van der Waals surface area contributed by atoms with Gasteiger partial charge in [-0.15, -0.1) is 12.3 Å². The van der Waals surface area contributed by atoms with Gasteiger partial charge in [0.05, 0.1) is 6.54 Å². The molecule has 16 heavy (non-hydrogen) atoms. The zero-order valence-electron chi connectivity index (χ0n) is 10.7. The maximum atomic E-state index is 11.4. The minimum atomic E-state index is 0.0677. The summed E-state index contributed by atoms with van der Waals surface area (Å²) in [5, 5.41) is 6.06. The number of hydrogen-bond donors (Lipinski definition) is 2. The number of carbonyl (C=O) groups is 1. The minimum absolute atomic E-state index is 0.0677. The summed E-state index contributed by atoms with van der Waals surface area (Å²) in [6.07, 6.45) is 8.00. The molecule has 3 nitrogen and oxygen atoms in total. The van der Waals surface area contributed by atoms with Crippen LogP contribution in [-0.4, -0.2) is 25.0 Å². The van der Waals surface area contributed by atoms with Crippen LogP contribution in [0.3, 0.4) is 0 Å². The van der Waals surface area contributed by atoms with E-state index in [0.717, 1.165) is 25.8 Å². The van der Waals surface area contributed by atoms with Crippen LogP contribution in [0.25, 0.3) is 0 Å². The molecular formula is C13H24N2O. The van der Waals surface area contributed by atoms with Crippen molar-refractivity contribution in [1.82, 2.24) is 10.6 Å². The Morgan fingerprint density at radius 1 is 1.31 bits per heavy atom. The fraction of sp³-hybridized carbons (Fsp3) is 0.769. The average Bonchev–Trinajstić information content (AvgIpc) is 2.23. The molecule has 0 saturated carbocycles. The number of nitrogens with one attached hydrogen (secondary N) is 2. The second kappa shape index (κ2) is 9.23. The van der Waals surface area contributed by atoms with Crippen molar-refractivity contribution in [3.8, 4) is 12.3 Å². The van der Waals surface area contributed by atoms with Crippen LogP contribution in [0.15, 0.2) is 0 Å². The molecule has 0 rings (SSSR count). The van der Waals surface area contributed by atoms with E-state index in [1.165, 1.54) is 0 Å². The number of carbonyl (C=O) groups excluding carboxylic acids is 1. The standard InChI is InChI=1S/C13H24N2O/c1-5-6-7-8-9-14-10-13(16)15-12(4)11(2)3/h1,11-12,14H,6-10H2,2-4H3,(H,15,16). The molecule has 0 aromatic carbocycles. The molecule has 0 fully saturated rings. The molecule has 0 aliphatic carbocycles. The Morgan fingerprint density at radius 2 is 2.00 bits per heavy atom. The van der Waals surface area contributed by atoms with Crippen LogP contribution in [0.4, 0.5) is 0 Å². The van der Waals surface area contributed by atoms with Gasteiger partial charge in [0.2, 0.25) is 5.91 Å². The second-order valence-corrected chi connectivity index (χ2v) is 4.44. The van der Waals surface area contributed by atoms with Crippen LogP contribution < -0.4 is 10.6 Å². The van der Waals surface area contributed by atoms with E-state index in [-0.39, 0.29) is 11.9 Å². The molecule has 92 valence electrons. The fourth-order valence-electron chi connectivity index (χ4n) is 1.15. The van der Waals surface area contributed by atoms with Gasteiger partial charge >= 0.3 is 0 Å². The van der Waals surface area contributed by atoms with Crippen molar-refractivity contribution in [2.75, 3.05) is 13.1 Å². The first-order valence-corrected chi connectivity index (χ1v) is 6.01. The molecular weight excluding hydrogens is 200 g/mol. The summed E-state index contributed by atoms with van der Waals surface area (Å²) >= 11 is 0. The molecule has 2 N–H and O–H groups in total. The summed E-state index contributed by atoms with van der Waals surface area (Å²) in [6, 6.07) is 0.232. The van der Waals surface area contributed by atoms with Gasteiger partial charge in [0, 0.05) is 12.5 Å². The Bertz CT molecular complexity index is 231. The molecule has 0 spiro atoms. The molecule has 0 aliphatic rings. The van der Waals surface area contributed by atoms with Gasteiger partial charge in [-0.3, -0.25) is 4.79 Å². The summed E-state index contributed by atoms with van der Waals surface area (Å²) in [6.45, 7) is 7.46. The number of terminal acetylenes is 1. The smallest absolute Gasteiger partial charge is 0.234 e. The minimum Gasteiger partial charge on any atom is -0.352 e. The number of rotatable bonds is 8. The van der Waals surface area contributed by atoms with E-state index < -0.39 is 0 Å². The highest BCUT2D eigenvalue weighted by molar-refractivity contribution is 5.78. The normalized spacial score (nSPS) is 12.2. The summed E-state index contributed by atoms with van der Waals surface area (Å²) in [7, 11) is 0. The van der Waals surface area contributed by atoms with Crippen molar-refractivity contribution in [3.63, 3.8) is 0 Å². The molecule has 0 bridgehead atoms. The highest BCUT2D eigenvalue weighted by Gasteiger charge is 2.09. The molecule has 1 amide bonds. The van der Waals surface area contributed by atoms with Crippen molar-refractivity contribution in [3.05, 3.63) is 0 Å². The van der Waals surface area contributed by atoms with E-state index in [9.17, 15) is 4.79 Å². The maximum Gasteiger partial charge on any atom is 0.234 e. The van der Waals surface area contributed by atoms with Gasteiger partial charge in [-0.05, 0) is 32.2 Å². The van der Waals surface area contributed by atoms with Crippen molar-refractivity contribution < 1.29 is 4.79 Å². The quantitative estimate of drug-likeness (QED) is 0.485. The number of unbranched alkanes of at least 4 members (excludes halogenated alkanes) is 2. The molecule has 0 aliphatic heterocycles. The van der Waals surface area contributed by atoms with E-state index in [0.29, 0.717) is 12.5 Å². The summed E-state index contributed by atoms with van der Waals surface area (Å²) in [5.41, 5.74) is 0. The highest BCUT2D eigenvalue weighted by atomic mass is 16.1. The summed E-state index contributed by atoms with van der Waals surface area (Å²) < 4.78 is 0. The topological polar surface area (TPSA) is 41.1 Å². The molecule has 0 saturated heterocycles. The van der Waals surface area contributed by atoms with Crippen LogP contribution in [0.5, 0.6) is 0 Å². The Hall–Kier alpha value is -1.01. The lowest BCUT2D eigenvalue weighted by Gasteiger charge is -2.17. The third kappa shape index (κ3) is 8.31. The molecule has 0 heterocycles. The van der Waals surface area contributed by atoms with Crippen molar-refractivity contribution in [1.29, 1.82) is 0 Å². The maximum absolute atomic E-state index is 11.4. The van der Waals surface area contributed by atoms with Crippen LogP contribution >= 0.6 is 0 Å². The van der Waals surface area contributed by atoms with Crippen LogP contribution in [0, 0.1) is 18.3 Å². The monoisotopic (exact) mass is 224 g/mol. The first-order valence-electron chi connectivity index (χ1n) is 6.01. The molecule has 0 radical (unpaired) electrons. The van der Waals surface area contributed by atoms with Crippen LogP contribution in [0.2, 0.25) is 0 Å². The lowest BCUT2D eigenvalue weighted by Crippen LogP contribution is -2.41. The van der Waals surface area contributed by atoms with E-state index in [1.807, 2.05) is 6.92 Å².